The number of hydrogen-bond acceptors (Lipinski definition) is 4. The molecule has 0 bridgehead atoms. The lowest BCUT2D eigenvalue weighted by molar-refractivity contribution is -0.140. The first-order valence-electron chi connectivity index (χ1n) is 11.5. The van der Waals surface area contributed by atoms with Crippen molar-refractivity contribution < 1.29 is 19.1 Å². The lowest BCUT2D eigenvalue weighted by Gasteiger charge is -2.33. The van der Waals surface area contributed by atoms with Gasteiger partial charge in [0, 0.05) is 38.0 Å². The smallest absolute Gasteiger partial charge is 0.225 e. The van der Waals surface area contributed by atoms with Crippen LogP contribution in [0, 0.1) is 5.92 Å². The Morgan fingerprint density at radius 2 is 1.56 bits per heavy atom. The summed E-state index contributed by atoms with van der Waals surface area (Å²) in [7, 11) is 1.67. The maximum Gasteiger partial charge on any atom is 0.225 e. The monoisotopic (exact) mass is 436 g/mol. The predicted octanol–water partition coefficient (Wildman–Crippen LogP) is 3.72. The predicted molar refractivity (Wildman–Crippen MR) is 123 cm³/mol. The van der Waals surface area contributed by atoms with Crippen LogP contribution in [0.3, 0.4) is 0 Å². The van der Waals surface area contributed by atoms with Gasteiger partial charge in [-0.3, -0.25) is 9.59 Å². The molecule has 4 rings (SSSR count). The van der Waals surface area contributed by atoms with Gasteiger partial charge in [-0.1, -0.05) is 30.3 Å². The minimum atomic E-state index is 0.0224. The molecule has 2 amide bonds. The quantitative estimate of drug-likeness (QED) is 0.664. The molecule has 0 saturated carbocycles. The fourth-order valence-corrected chi connectivity index (χ4v) is 4.67. The lowest BCUT2D eigenvalue weighted by Crippen LogP contribution is -2.44. The van der Waals surface area contributed by atoms with E-state index in [1.165, 1.54) is 5.56 Å². The Morgan fingerprint density at radius 3 is 2.25 bits per heavy atom. The molecule has 6 heteroatoms. The summed E-state index contributed by atoms with van der Waals surface area (Å²) in [5.41, 5.74) is 1.26. The molecular formula is C26H32N2O4. The number of para-hydroxylation sites is 1. The van der Waals surface area contributed by atoms with E-state index in [1.54, 1.807) is 7.11 Å². The maximum atomic E-state index is 13.1. The molecule has 2 aliphatic rings. The Kier molecular flexibility index (Phi) is 7.30. The first-order chi connectivity index (χ1) is 15.6. The molecule has 0 aromatic heterocycles. The largest absolute Gasteiger partial charge is 0.497 e. The van der Waals surface area contributed by atoms with E-state index in [1.807, 2.05) is 52.3 Å². The van der Waals surface area contributed by atoms with E-state index < -0.39 is 0 Å². The van der Waals surface area contributed by atoms with Gasteiger partial charge in [-0.25, -0.2) is 0 Å². The van der Waals surface area contributed by atoms with E-state index in [2.05, 4.69) is 12.1 Å². The van der Waals surface area contributed by atoms with E-state index in [9.17, 15) is 9.59 Å². The molecule has 6 nitrogen and oxygen atoms in total. The second-order valence-corrected chi connectivity index (χ2v) is 8.61. The van der Waals surface area contributed by atoms with E-state index >= 15 is 0 Å². The lowest BCUT2D eigenvalue weighted by atomic mass is 9.95. The average molecular weight is 437 g/mol. The highest BCUT2D eigenvalue weighted by atomic mass is 16.5. The van der Waals surface area contributed by atoms with Gasteiger partial charge < -0.3 is 19.3 Å². The van der Waals surface area contributed by atoms with Gasteiger partial charge in [-0.2, -0.15) is 0 Å². The van der Waals surface area contributed by atoms with Gasteiger partial charge in [0.2, 0.25) is 11.8 Å². The van der Waals surface area contributed by atoms with Crippen LogP contribution < -0.4 is 9.47 Å². The standard InChI is InChI=1S/C26H32N2O4/c1-31-23-9-7-20(8-10-23)22-13-17-28(19-22)26(30)21-11-15-27(16-12-21)25(29)14-18-32-24-5-3-2-4-6-24/h2-10,21-22H,11-19H2,1H3. The third-order valence-electron chi connectivity index (χ3n) is 6.61. The second kappa shape index (κ2) is 10.5. The highest BCUT2D eigenvalue weighted by Gasteiger charge is 2.34. The van der Waals surface area contributed by atoms with Gasteiger partial charge in [-0.05, 0) is 49.1 Å². The Labute approximate surface area is 190 Å². The Bertz CT molecular complexity index is 892. The van der Waals surface area contributed by atoms with Gasteiger partial charge in [0.25, 0.3) is 0 Å². The van der Waals surface area contributed by atoms with E-state index in [-0.39, 0.29) is 17.7 Å². The van der Waals surface area contributed by atoms with Crippen LogP contribution in [0.25, 0.3) is 0 Å². The number of amides is 2. The number of carbonyl (C=O) groups is 2. The van der Waals surface area contributed by atoms with Crippen LogP contribution >= 0.6 is 0 Å². The summed E-state index contributed by atoms with van der Waals surface area (Å²) in [4.78, 5) is 29.5. The summed E-state index contributed by atoms with van der Waals surface area (Å²) in [6.45, 7) is 3.27. The number of methoxy groups -OCH3 is 1. The van der Waals surface area contributed by atoms with Crippen LogP contribution in [0.4, 0.5) is 0 Å². The molecule has 2 aromatic rings. The SMILES string of the molecule is COc1ccc(C2CCN(C(=O)C3CCN(C(=O)CCOc4ccccc4)CC3)C2)cc1. The first kappa shape index (κ1) is 22.2. The van der Waals surface area contributed by atoms with E-state index in [0.717, 1.165) is 43.9 Å². The van der Waals surface area contributed by atoms with E-state index in [4.69, 9.17) is 9.47 Å². The van der Waals surface area contributed by atoms with Crippen LogP contribution in [0.15, 0.2) is 54.6 Å². The molecule has 2 heterocycles. The number of nitrogens with zero attached hydrogens (tertiary/aromatic N) is 2. The number of likely N-dealkylation sites (tertiary alicyclic amines) is 2. The van der Waals surface area contributed by atoms with Crippen molar-refractivity contribution in [1.29, 1.82) is 0 Å². The van der Waals surface area contributed by atoms with Gasteiger partial charge >= 0.3 is 0 Å². The van der Waals surface area contributed by atoms with Crippen molar-refractivity contribution in [2.24, 2.45) is 5.92 Å². The third-order valence-corrected chi connectivity index (χ3v) is 6.61. The van der Waals surface area contributed by atoms with Crippen molar-refractivity contribution in [3.63, 3.8) is 0 Å². The van der Waals surface area contributed by atoms with Crippen molar-refractivity contribution in [1.82, 2.24) is 9.80 Å². The van der Waals surface area contributed by atoms with Gasteiger partial charge in [0.1, 0.15) is 11.5 Å². The Balaban J connectivity index is 1.20. The molecule has 2 aliphatic heterocycles. The van der Waals surface area contributed by atoms with Crippen molar-refractivity contribution in [2.75, 3.05) is 39.9 Å². The molecule has 0 radical (unpaired) electrons. The van der Waals surface area contributed by atoms with Crippen molar-refractivity contribution in [2.45, 2.75) is 31.6 Å². The summed E-state index contributed by atoms with van der Waals surface area (Å²) in [6.07, 6.45) is 2.85. The Hall–Kier alpha value is -3.02. The Morgan fingerprint density at radius 1 is 0.875 bits per heavy atom. The molecule has 1 unspecified atom stereocenters. The molecule has 32 heavy (non-hydrogen) atoms. The second-order valence-electron chi connectivity index (χ2n) is 8.61. The summed E-state index contributed by atoms with van der Waals surface area (Å²) >= 11 is 0. The van der Waals surface area contributed by atoms with Crippen molar-refractivity contribution in [3.05, 3.63) is 60.2 Å². The van der Waals surface area contributed by atoms with Crippen molar-refractivity contribution >= 4 is 11.8 Å². The molecule has 0 N–H and O–H groups in total. The van der Waals surface area contributed by atoms with Gasteiger partial charge in [-0.15, -0.1) is 0 Å². The van der Waals surface area contributed by atoms with Gasteiger partial charge in [0.05, 0.1) is 20.1 Å². The zero-order chi connectivity index (χ0) is 22.3. The third kappa shape index (κ3) is 5.42. The first-order valence-corrected chi connectivity index (χ1v) is 11.5. The number of ether oxygens (including phenoxy) is 2. The van der Waals surface area contributed by atoms with Crippen LogP contribution in [-0.2, 0) is 9.59 Å². The zero-order valence-electron chi connectivity index (χ0n) is 18.7. The number of carbonyl (C=O) groups excluding carboxylic acids is 2. The molecule has 0 spiro atoms. The van der Waals surface area contributed by atoms with Crippen LogP contribution in [0.5, 0.6) is 11.5 Å². The molecule has 2 saturated heterocycles. The summed E-state index contributed by atoms with van der Waals surface area (Å²) in [6, 6.07) is 17.7. The molecule has 2 fully saturated rings. The highest BCUT2D eigenvalue weighted by Crippen LogP contribution is 2.31. The fourth-order valence-electron chi connectivity index (χ4n) is 4.67. The zero-order valence-corrected chi connectivity index (χ0v) is 18.7. The summed E-state index contributed by atoms with van der Waals surface area (Å²) in [5.74, 6) is 2.40. The minimum Gasteiger partial charge on any atom is -0.497 e. The number of rotatable bonds is 7. The normalized spacial score (nSPS) is 19.1. The molecule has 0 aliphatic carbocycles. The minimum absolute atomic E-state index is 0.0224. The number of hydrogen-bond donors (Lipinski definition) is 0. The van der Waals surface area contributed by atoms with Crippen LogP contribution in [0.2, 0.25) is 0 Å². The van der Waals surface area contributed by atoms with Gasteiger partial charge in [0.15, 0.2) is 0 Å². The molecule has 1 atom stereocenters. The number of piperidine rings is 1. The molecular weight excluding hydrogens is 404 g/mol. The average Bonchev–Trinajstić information content (AvgIpc) is 3.35. The summed E-state index contributed by atoms with van der Waals surface area (Å²) < 4.78 is 10.9. The van der Waals surface area contributed by atoms with Crippen LogP contribution in [-0.4, -0.2) is 61.5 Å². The van der Waals surface area contributed by atoms with E-state index in [0.29, 0.717) is 32.0 Å². The van der Waals surface area contributed by atoms with Crippen molar-refractivity contribution in [3.8, 4) is 11.5 Å². The fraction of sp³-hybridized carbons (Fsp3) is 0.462. The maximum absolute atomic E-state index is 13.1. The molecule has 170 valence electrons. The molecule has 2 aromatic carbocycles. The van der Waals surface area contributed by atoms with Crippen LogP contribution in [0.1, 0.15) is 37.2 Å². The topological polar surface area (TPSA) is 59.1 Å². The number of benzene rings is 2. The highest BCUT2D eigenvalue weighted by molar-refractivity contribution is 5.80. The summed E-state index contributed by atoms with van der Waals surface area (Å²) in [5, 5.41) is 0.